The summed E-state index contributed by atoms with van der Waals surface area (Å²) in [4.78, 5) is 6.28. The van der Waals surface area contributed by atoms with Gasteiger partial charge in [-0.15, -0.1) is 0 Å². The first-order valence-electron chi connectivity index (χ1n) is 13.1. The Morgan fingerprint density at radius 2 is 2.00 bits per heavy atom. The van der Waals surface area contributed by atoms with E-state index in [2.05, 4.69) is 43.1 Å². The van der Waals surface area contributed by atoms with Crippen LogP contribution < -0.4 is 5.73 Å². The summed E-state index contributed by atoms with van der Waals surface area (Å²) in [5.41, 5.74) is 12.2. The van der Waals surface area contributed by atoms with Crippen LogP contribution in [0, 0.1) is 11.3 Å². The second kappa shape index (κ2) is 7.10. The van der Waals surface area contributed by atoms with Gasteiger partial charge in [0.1, 0.15) is 11.6 Å². The second-order valence-corrected chi connectivity index (χ2v) is 12.2. The number of allylic oxidation sites excluding steroid dienone is 3. The number of ether oxygens (including phenoxy) is 1. The summed E-state index contributed by atoms with van der Waals surface area (Å²) >= 11 is 0. The average Bonchev–Trinajstić information content (AvgIpc) is 3.46. The lowest BCUT2D eigenvalue weighted by Gasteiger charge is -2.56. The fraction of sp³-hybridized carbons (Fsp3) is 0.552. The smallest absolute Gasteiger partial charge is 0.292 e. The minimum absolute atomic E-state index is 0.0859. The van der Waals surface area contributed by atoms with Gasteiger partial charge in [0.25, 0.3) is 6.01 Å². The molecule has 7 unspecified atom stereocenters. The van der Waals surface area contributed by atoms with Crippen molar-refractivity contribution in [2.24, 2.45) is 11.3 Å². The number of nitrogen functional groups attached to an aromatic ring is 1. The molecule has 0 radical (unpaired) electrons. The number of nitrogens with two attached hydrogens (primary N) is 1. The minimum atomic E-state index is -0.908. The van der Waals surface area contributed by atoms with E-state index < -0.39 is 17.8 Å². The summed E-state index contributed by atoms with van der Waals surface area (Å²) in [6.45, 7) is 4.61. The first-order chi connectivity index (χ1) is 17.1. The quantitative estimate of drug-likeness (QED) is 0.589. The van der Waals surface area contributed by atoms with Crippen LogP contribution in [0.4, 0.5) is 6.01 Å². The summed E-state index contributed by atoms with van der Waals surface area (Å²) in [5, 5.41) is 22.1. The Kier molecular flexibility index (Phi) is 4.48. The number of likely N-dealkylation sites (N-methyl/N-ethyl adjacent to an activating group) is 1. The zero-order valence-electron chi connectivity index (χ0n) is 21.4. The molecule has 1 aromatic carbocycles. The lowest BCUT2D eigenvalue weighted by atomic mass is 9.56. The molecule has 36 heavy (non-hydrogen) atoms. The second-order valence-electron chi connectivity index (χ2n) is 12.2. The molecule has 7 atom stereocenters. The van der Waals surface area contributed by atoms with Crippen LogP contribution in [0.3, 0.4) is 0 Å². The van der Waals surface area contributed by atoms with Crippen molar-refractivity contribution < 1.29 is 19.4 Å². The fourth-order valence-corrected chi connectivity index (χ4v) is 8.56. The van der Waals surface area contributed by atoms with Crippen LogP contribution in [0.15, 0.2) is 51.5 Å². The molecule has 2 bridgehead atoms. The topological polar surface area (TPSA) is 105 Å². The van der Waals surface area contributed by atoms with E-state index in [1.165, 1.54) is 16.7 Å². The van der Waals surface area contributed by atoms with Gasteiger partial charge in [-0.1, -0.05) is 30.7 Å². The van der Waals surface area contributed by atoms with Crippen molar-refractivity contribution in [3.05, 3.63) is 52.6 Å². The Balaban J connectivity index is 1.33. The summed E-state index contributed by atoms with van der Waals surface area (Å²) < 4.78 is 12.9. The van der Waals surface area contributed by atoms with E-state index in [1.807, 2.05) is 25.1 Å². The van der Waals surface area contributed by atoms with E-state index in [4.69, 9.17) is 14.9 Å². The van der Waals surface area contributed by atoms with Crippen molar-refractivity contribution in [3.63, 3.8) is 0 Å². The lowest BCUT2D eigenvalue weighted by molar-refractivity contribution is -0.162. The standard InChI is InChI=1S/C29H35N3O4/c1-15-13-27(2)17(16-5-7-20-22(11-16)35-26(30)31-20)6-8-23(27)29-10-9-28(36-29)14-21(32(3)4)25(34)24(33)19(28)12-18(15)29/h5-7,11-12,21,23-25,33-34H,8-10,13-14H2,1-4H3,(H2,30,31). The van der Waals surface area contributed by atoms with Gasteiger partial charge in [0, 0.05) is 17.4 Å². The zero-order valence-corrected chi connectivity index (χ0v) is 21.4. The zero-order chi connectivity index (χ0) is 25.2. The first kappa shape index (κ1) is 22.7. The van der Waals surface area contributed by atoms with Gasteiger partial charge in [0.05, 0.1) is 17.3 Å². The van der Waals surface area contributed by atoms with Crippen LogP contribution >= 0.6 is 0 Å². The van der Waals surface area contributed by atoms with Crippen molar-refractivity contribution in [3.8, 4) is 0 Å². The predicted molar refractivity (Wildman–Crippen MR) is 138 cm³/mol. The van der Waals surface area contributed by atoms with Crippen LogP contribution in [0.5, 0.6) is 0 Å². The number of fused-ring (bicyclic) bond motifs is 2. The van der Waals surface area contributed by atoms with Crippen molar-refractivity contribution in [1.29, 1.82) is 0 Å². The summed E-state index contributed by atoms with van der Waals surface area (Å²) in [6, 6.07) is 6.24. The number of hydrogen-bond donors (Lipinski definition) is 3. The Morgan fingerprint density at radius 3 is 2.78 bits per heavy atom. The van der Waals surface area contributed by atoms with Crippen molar-refractivity contribution in [2.45, 2.75) is 75.4 Å². The monoisotopic (exact) mass is 489 g/mol. The molecular weight excluding hydrogens is 454 g/mol. The predicted octanol–water partition coefficient (Wildman–Crippen LogP) is 3.82. The highest BCUT2D eigenvalue weighted by molar-refractivity contribution is 5.83. The van der Waals surface area contributed by atoms with E-state index >= 15 is 0 Å². The minimum Gasteiger partial charge on any atom is -0.424 e. The maximum absolute atomic E-state index is 11.2. The van der Waals surface area contributed by atoms with Gasteiger partial charge in [-0.3, -0.25) is 0 Å². The van der Waals surface area contributed by atoms with Gasteiger partial charge in [0.2, 0.25) is 0 Å². The van der Waals surface area contributed by atoms with Gasteiger partial charge < -0.3 is 30.0 Å². The van der Waals surface area contributed by atoms with E-state index in [1.54, 1.807) is 0 Å². The van der Waals surface area contributed by atoms with E-state index in [0.29, 0.717) is 17.9 Å². The highest BCUT2D eigenvalue weighted by Crippen LogP contribution is 2.69. The van der Waals surface area contributed by atoms with E-state index in [-0.39, 0.29) is 23.1 Å². The number of hydrogen-bond acceptors (Lipinski definition) is 7. The molecule has 1 saturated heterocycles. The third-order valence-electron chi connectivity index (χ3n) is 10.1. The van der Waals surface area contributed by atoms with Crippen LogP contribution in [-0.2, 0) is 4.74 Å². The van der Waals surface area contributed by atoms with Gasteiger partial charge in [-0.25, -0.2) is 0 Å². The third-order valence-corrected chi connectivity index (χ3v) is 10.1. The molecule has 7 rings (SSSR count). The SMILES string of the molecule is CC1=C2C=C3C(O)C(O)C(N(C)C)CC34CCC2(O4)C2CC=C(c3ccc4nc(N)oc4c3)C2(C)C1. The van der Waals surface area contributed by atoms with E-state index in [9.17, 15) is 10.2 Å². The summed E-state index contributed by atoms with van der Waals surface area (Å²) in [7, 11) is 3.94. The van der Waals surface area contributed by atoms with Crippen molar-refractivity contribution in [1.82, 2.24) is 9.88 Å². The number of aromatic nitrogens is 1. The molecule has 2 fully saturated rings. The molecule has 3 aliphatic carbocycles. The summed E-state index contributed by atoms with van der Waals surface area (Å²) in [6.07, 6.45) is 7.26. The Hall–Kier alpha value is -2.45. The molecule has 2 spiro atoms. The maximum atomic E-state index is 11.2. The fourth-order valence-electron chi connectivity index (χ4n) is 8.56. The van der Waals surface area contributed by atoms with Crippen LogP contribution in [0.2, 0.25) is 0 Å². The molecule has 2 aromatic rings. The lowest BCUT2D eigenvalue weighted by Crippen LogP contribution is -2.62. The number of nitrogens with zero attached hydrogens (tertiary/aromatic N) is 2. The average molecular weight is 490 g/mol. The highest BCUT2D eigenvalue weighted by atomic mass is 16.5. The highest BCUT2D eigenvalue weighted by Gasteiger charge is 2.68. The number of aliphatic hydroxyl groups excluding tert-OH is 2. The first-order valence-corrected chi connectivity index (χ1v) is 13.1. The molecule has 0 amide bonds. The molecule has 7 heteroatoms. The van der Waals surface area contributed by atoms with Crippen LogP contribution in [0.1, 0.15) is 51.5 Å². The number of oxazole rings is 1. The van der Waals surface area contributed by atoms with Gasteiger partial charge in [-0.05, 0) is 87.5 Å². The Bertz CT molecular complexity index is 1390. The molecule has 2 aliphatic heterocycles. The van der Waals surface area contributed by atoms with Crippen molar-refractivity contribution >= 4 is 22.7 Å². The van der Waals surface area contributed by atoms with Crippen LogP contribution in [0.25, 0.3) is 16.7 Å². The normalized spacial score (nSPS) is 41.3. The molecule has 3 heterocycles. The Morgan fingerprint density at radius 1 is 1.19 bits per heavy atom. The number of benzene rings is 1. The molecule has 4 N–H and O–H groups in total. The largest absolute Gasteiger partial charge is 0.424 e. The van der Waals surface area contributed by atoms with E-state index in [0.717, 1.165) is 42.3 Å². The Labute approximate surface area is 211 Å². The van der Waals surface area contributed by atoms with Gasteiger partial charge >= 0.3 is 0 Å². The van der Waals surface area contributed by atoms with Gasteiger partial charge in [0.15, 0.2) is 5.58 Å². The molecule has 5 aliphatic rings. The van der Waals surface area contributed by atoms with Crippen molar-refractivity contribution in [2.75, 3.05) is 19.8 Å². The molecule has 190 valence electrons. The van der Waals surface area contributed by atoms with Gasteiger partial charge in [-0.2, -0.15) is 4.98 Å². The third kappa shape index (κ3) is 2.69. The molecule has 1 saturated carbocycles. The number of rotatable bonds is 2. The number of aliphatic hydroxyl groups is 2. The molecular formula is C29H35N3O4. The van der Waals surface area contributed by atoms with Crippen LogP contribution in [-0.4, -0.2) is 63.6 Å². The molecule has 1 aromatic heterocycles. The molecule has 7 nitrogen and oxygen atoms in total. The summed E-state index contributed by atoms with van der Waals surface area (Å²) in [5.74, 6) is 0.299. The maximum Gasteiger partial charge on any atom is 0.292 e. The number of anilines is 1.